The Morgan fingerprint density at radius 2 is 2.26 bits per heavy atom. The molecule has 2 heterocycles. The van der Waals surface area contributed by atoms with Crippen molar-refractivity contribution >= 4 is 0 Å². The standard InChI is InChI=1S/C14H25N3O2/c1-4-12-6-13(17(5-2)15-12)7-16-8-14(9-18)19-10-11(16)3/h6,11,14,18H,4-5,7-10H2,1-3H3. The van der Waals surface area contributed by atoms with Gasteiger partial charge in [0, 0.05) is 25.7 Å². The van der Waals surface area contributed by atoms with E-state index in [-0.39, 0.29) is 12.7 Å². The predicted octanol–water partition coefficient (Wildman–Crippen LogP) is 1.05. The summed E-state index contributed by atoms with van der Waals surface area (Å²) >= 11 is 0. The van der Waals surface area contributed by atoms with E-state index in [9.17, 15) is 5.11 Å². The van der Waals surface area contributed by atoms with E-state index in [2.05, 4.69) is 41.5 Å². The first-order valence-corrected chi connectivity index (χ1v) is 7.20. The number of ether oxygens (including phenoxy) is 1. The van der Waals surface area contributed by atoms with Crippen LogP contribution in [0.25, 0.3) is 0 Å². The Bertz CT molecular complexity index is 405. The van der Waals surface area contributed by atoms with Gasteiger partial charge in [-0.2, -0.15) is 5.10 Å². The average Bonchev–Trinajstić information content (AvgIpc) is 2.83. The molecule has 0 bridgehead atoms. The maximum Gasteiger partial charge on any atom is 0.0933 e. The number of hydrogen-bond donors (Lipinski definition) is 1. The van der Waals surface area contributed by atoms with Crippen LogP contribution in [0.1, 0.15) is 32.2 Å². The number of aryl methyl sites for hydroxylation is 2. The van der Waals surface area contributed by atoms with Gasteiger partial charge in [-0.15, -0.1) is 0 Å². The third kappa shape index (κ3) is 3.35. The summed E-state index contributed by atoms with van der Waals surface area (Å²) in [5.74, 6) is 0. The van der Waals surface area contributed by atoms with Gasteiger partial charge in [0.15, 0.2) is 0 Å². The highest BCUT2D eigenvalue weighted by Gasteiger charge is 2.26. The molecule has 2 rings (SSSR count). The van der Waals surface area contributed by atoms with Crippen molar-refractivity contribution in [3.8, 4) is 0 Å². The summed E-state index contributed by atoms with van der Waals surface area (Å²) < 4.78 is 7.65. The van der Waals surface area contributed by atoms with Gasteiger partial charge in [-0.25, -0.2) is 0 Å². The summed E-state index contributed by atoms with van der Waals surface area (Å²) in [6.07, 6.45) is 0.914. The molecule has 1 fully saturated rings. The molecule has 1 N–H and O–H groups in total. The maximum atomic E-state index is 9.23. The number of aliphatic hydroxyl groups excluding tert-OH is 1. The second-order valence-electron chi connectivity index (χ2n) is 5.21. The van der Waals surface area contributed by atoms with Crippen LogP contribution in [0.3, 0.4) is 0 Å². The zero-order valence-corrected chi connectivity index (χ0v) is 12.2. The quantitative estimate of drug-likeness (QED) is 0.866. The summed E-state index contributed by atoms with van der Waals surface area (Å²) in [5.41, 5.74) is 2.40. The van der Waals surface area contributed by atoms with Gasteiger partial charge < -0.3 is 9.84 Å². The van der Waals surface area contributed by atoms with Crippen LogP contribution >= 0.6 is 0 Å². The molecule has 0 aromatic carbocycles. The predicted molar refractivity (Wildman–Crippen MR) is 74.0 cm³/mol. The molecule has 5 nitrogen and oxygen atoms in total. The van der Waals surface area contributed by atoms with Crippen LogP contribution in [-0.2, 0) is 24.2 Å². The minimum atomic E-state index is -0.0557. The second-order valence-corrected chi connectivity index (χ2v) is 5.21. The fraction of sp³-hybridized carbons (Fsp3) is 0.786. The summed E-state index contributed by atoms with van der Waals surface area (Å²) in [4.78, 5) is 2.37. The Balaban J connectivity index is 2.08. The van der Waals surface area contributed by atoms with Crippen molar-refractivity contribution in [3.63, 3.8) is 0 Å². The Labute approximate surface area is 115 Å². The van der Waals surface area contributed by atoms with E-state index in [1.807, 2.05) is 0 Å². The lowest BCUT2D eigenvalue weighted by Gasteiger charge is -2.37. The van der Waals surface area contributed by atoms with Crippen molar-refractivity contribution in [2.24, 2.45) is 0 Å². The highest BCUT2D eigenvalue weighted by Crippen LogP contribution is 2.16. The van der Waals surface area contributed by atoms with Gasteiger partial charge in [0.05, 0.1) is 30.7 Å². The zero-order valence-electron chi connectivity index (χ0n) is 12.2. The SMILES string of the molecule is CCc1cc(CN2CC(CO)OCC2C)n(CC)n1. The molecule has 19 heavy (non-hydrogen) atoms. The lowest BCUT2D eigenvalue weighted by molar-refractivity contribution is -0.0811. The first kappa shape index (κ1) is 14.5. The van der Waals surface area contributed by atoms with E-state index in [1.165, 1.54) is 5.69 Å². The molecular formula is C14H25N3O2. The van der Waals surface area contributed by atoms with E-state index in [4.69, 9.17) is 4.74 Å². The summed E-state index contributed by atoms with van der Waals surface area (Å²) in [6, 6.07) is 2.58. The first-order valence-electron chi connectivity index (χ1n) is 7.20. The van der Waals surface area contributed by atoms with Gasteiger partial charge in [-0.3, -0.25) is 9.58 Å². The molecular weight excluding hydrogens is 242 g/mol. The molecule has 1 saturated heterocycles. The number of aliphatic hydroxyl groups is 1. The number of aromatic nitrogens is 2. The van der Waals surface area contributed by atoms with Crippen LogP contribution in [0.15, 0.2) is 6.07 Å². The number of nitrogens with zero attached hydrogens (tertiary/aromatic N) is 3. The summed E-state index contributed by atoms with van der Waals surface area (Å²) in [5, 5.41) is 13.8. The molecule has 0 aliphatic carbocycles. The first-order chi connectivity index (χ1) is 9.17. The van der Waals surface area contributed by atoms with Gasteiger partial charge in [-0.1, -0.05) is 6.92 Å². The Hall–Kier alpha value is -0.910. The van der Waals surface area contributed by atoms with Gasteiger partial charge in [0.25, 0.3) is 0 Å². The van der Waals surface area contributed by atoms with Crippen molar-refractivity contribution in [2.45, 2.75) is 52.4 Å². The highest BCUT2D eigenvalue weighted by molar-refractivity contribution is 5.10. The molecule has 2 atom stereocenters. The lowest BCUT2D eigenvalue weighted by Crippen LogP contribution is -2.49. The zero-order chi connectivity index (χ0) is 13.8. The number of hydrogen-bond acceptors (Lipinski definition) is 4. The van der Waals surface area contributed by atoms with E-state index in [0.717, 1.165) is 31.7 Å². The third-order valence-electron chi connectivity index (χ3n) is 3.78. The lowest BCUT2D eigenvalue weighted by atomic mass is 10.2. The van der Waals surface area contributed by atoms with E-state index >= 15 is 0 Å². The van der Waals surface area contributed by atoms with Gasteiger partial charge in [0.1, 0.15) is 0 Å². The molecule has 2 unspecified atom stereocenters. The average molecular weight is 267 g/mol. The number of morpholine rings is 1. The van der Waals surface area contributed by atoms with Crippen LogP contribution < -0.4 is 0 Å². The molecule has 1 aromatic rings. The fourth-order valence-electron chi connectivity index (χ4n) is 2.50. The Morgan fingerprint density at radius 3 is 2.89 bits per heavy atom. The molecule has 1 aliphatic heterocycles. The Kier molecular flexibility index (Phi) is 4.96. The van der Waals surface area contributed by atoms with E-state index < -0.39 is 0 Å². The van der Waals surface area contributed by atoms with Crippen molar-refractivity contribution < 1.29 is 9.84 Å². The number of rotatable bonds is 5. The minimum absolute atomic E-state index is 0.0557. The van der Waals surface area contributed by atoms with Gasteiger partial charge in [0.2, 0.25) is 0 Å². The van der Waals surface area contributed by atoms with Crippen LogP contribution in [-0.4, -0.2) is 51.7 Å². The Morgan fingerprint density at radius 1 is 1.47 bits per heavy atom. The molecule has 0 saturated carbocycles. The molecule has 0 radical (unpaired) electrons. The van der Waals surface area contributed by atoms with Crippen molar-refractivity contribution in [2.75, 3.05) is 19.8 Å². The topological polar surface area (TPSA) is 50.5 Å². The van der Waals surface area contributed by atoms with Crippen molar-refractivity contribution in [1.29, 1.82) is 0 Å². The molecule has 108 valence electrons. The van der Waals surface area contributed by atoms with Crippen LogP contribution in [0.5, 0.6) is 0 Å². The van der Waals surface area contributed by atoms with Gasteiger partial charge in [-0.05, 0) is 26.3 Å². The molecule has 0 spiro atoms. The van der Waals surface area contributed by atoms with Gasteiger partial charge >= 0.3 is 0 Å². The molecule has 0 amide bonds. The van der Waals surface area contributed by atoms with Crippen LogP contribution in [0.4, 0.5) is 0 Å². The van der Waals surface area contributed by atoms with E-state index in [1.54, 1.807) is 0 Å². The van der Waals surface area contributed by atoms with E-state index in [0.29, 0.717) is 12.6 Å². The summed E-state index contributed by atoms with van der Waals surface area (Å²) in [7, 11) is 0. The van der Waals surface area contributed by atoms with Crippen molar-refractivity contribution in [3.05, 3.63) is 17.5 Å². The highest BCUT2D eigenvalue weighted by atomic mass is 16.5. The molecule has 1 aromatic heterocycles. The van der Waals surface area contributed by atoms with Crippen LogP contribution in [0.2, 0.25) is 0 Å². The minimum Gasteiger partial charge on any atom is -0.394 e. The maximum absolute atomic E-state index is 9.23. The second kappa shape index (κ2) is 6.50. The summed E-state index contributed by atoms with van der Waals surface area (Å²) in [6.45, 7) is 9.76. The normalized spacial score (nSPS) is 24.8. The monoisotopic (exact) mass is 267 g/mol. The van der Waals surface area contributed by atoms with Crippen LogP contribution in [0, 0.1) is 0 Å². The largest absolute Gasteiger partial charge is 0.394 e. The fourth-order valence-corrected chi connectivity index (χ4v) is 2.50. The molecule has 5 heteroatoms. The molecule has 1 aliphatic rings. The smallest absolute Gasteiger partial charge is 0.0933 e. The van der Waals surface area contributed by atoms with Crippen molar-refractivity contribution in [1.82, 2.24) is 14.7 Å². The third-order valence-corrected chi connectivity index (χ3v) is 3.78.